The number of amides is 3. The van der Waals surface area contributed by atoms with Crippen molar-refractivity contribution in [2.75, 3.05) is 13.2 Å². The van der Waals surface area contributed by atoms with Crippen LogP contribution in [-0.4, -0.2) is 52.3 Å². The third-order valence-corrected chi connectivity index (χ3v) is 5.10. The Morgan fingerprint density at radius 3 is 2.21 bits per heavy atom. The number of nitrogens with one attached hydrogen (secondary N) is 2. The van der Waals surface area contributed by atoms with Gasteiger partial charge in [0.15, 0.2) is 5.78 Å². The van der Waals surface area contributed by atoms with Crippen LogP contribution in [0.2, 0.25) is 0 Å². The monoisotopic (exact) mass is 391 g/mol. The van der Waals surface area contributed by atoms with Crippen LogP contribution in [0.1, 0.15) is 78.6 Å². The average molecular weight is 391 g/mol. The van der Waals surface area contributed by atoms with Gasteiger partial charge in [-0.25, -0.2) is 9.59 Å². The molecule has 0 atom stereocenters. The van der Waals surface area contributed by atoms with Crippen molar-refractivity contribution in [1.29, 1.82) is 0 Å². The van der Waals surface area contributed by atoms with E-state index >= 15 is 0 Å². The Kier molecular flexibility index (Phi) is 6.64. The van der Waals surface area contributed by atoms with Gasteiger partial charge in [0.25, 0.3) is 5.91 Å². The van der Waals surface area contributed by atoms with Crippen LogP contribution in [0.3, 0.4) is 0 Å². The van der Waals surface area contributed by atoms with E-state index in [-0.39, 0.29) is 24.8 Å². The van der Waals surface area contributed by atoms with Gasteiger partial charge in [-0.05, 0) is 39.2 Å². The van der Waals surface area contributed by atoms with Gasteiger partial charge in [0, 0.05) is 5.69 Å². The number of Topliss-reactive ketones (excluding diaryl/α,β-unsaturated/α-hetero) is 1. The SMILES string of the molecule is CCCC1(CCC)NC(=O)N(CC(=O)c2[nH]c(C)c(C(=O)OCC)c2C)C1=O. The lowest BCUT2D eigenvalue weighted by atomic mass is 9.88. The predicted molar refractivity (Wildman–Crippen MR) is 103 cm³/mol. The average Bonchev–Trinajstić information content (AvgIpc) is 3.04. The third-order valence-electron chi connectivity index (χ3n) is 5.10. The summed E-state index contributed by atoms with van der Waals surface area (Å²) >= 11 is 0. The fourth-order valence-electron chi connectivity index (χ4n) is 3.90. The fourth-order valence-corrected chi connectivity index (χ4v) is 3.90. The second kappa shape index (κ2) is 8.58. The summed E-state index contributed by atoms with van der Waals surface area (Å²) in [4.78, 5) is 54.2. The molecular formula is C20H29N3O5. The van der Waals surface area contributed by atoms with E-state index < -0.39 is 23.3 Å². The Bertz CT molecular complexity index is 790. The maximum atomic E-state index is 12.9. The maximum Gasteiger partial charge on any atom is 0.340 e. The van der Waals surface area contributed by atoms with E-state index in [9.17, 15) is 19.2 Å². The Balaban J connectivity index is 2.26. The first-order valence-electron chi connectivity index (χ1n) is 9.75. The van der Waals surface area contributed by atoms with Gasteiger partial charge in [0.2, 0.25) is 0 Å². The molecule has 0 aromatic carbocycles. The summed E-state index contributed by atoms with van der Waals surface area (Å²) < 4.78 is 5.03. The molecule has 0 bridgehead atoms. The molecular weight excluding hydrogens is 362 g/mol. The topological polar surface area (TPSA) is 109 Å². The van der Waals surface area contributed by atoms with E-state index in [0.29, 0.717) is 29.7 Å². The number of rotatable bonds is 9. The first kappa shape index (κ1) is 21.7. The maximum absolute atomic E-state index is 12.9. The standard InChI is InChI=1S/C20H29N3O5/c1-6-9-20(10-7-2)18(26)23(19(27)22-20)11-14(24)16-12(4)15(13(5)21-16)17(25)28-8-3/h21H,6-11H2,1-5H3,(H,22,27). The van der Waals surface area contributed by atoms with Crippen molar-refractivity contribution in [2.24, 2.45) is 0 Å². The lowest BCUT2D eigenvalue weighted by Gasteiger charge is -2.25. The highest BCUT2D eigenvalue weighted by atomic mass is 16.5. The van der Waals surface area contributed by atoms with Crippen LogP contribution in [0, 0.1) is 13.8 Å². The largest absolute Gasteiger partial charge is 0.462 e. The highest BCUT2D eigenvalue weighted by molar-refractivity contribution is 6.11. The minimum atomic E-state index is -0.933. The fraction of sp³-hybridized carbons (Fsp3) is 0.600. The van der Waals surface area contributed by atoms with Gasteiger partial charge in [-0.3, -0.25) is 14.5 Å². The van der Waals surface area contributed by atoms with E-state index in [0.717, 1.165) is 17.7 Å². The van der Waals surface area contributed by atoms with Crippen molar-refractivity contribution in [2.45, 2.75) is 65.8 Å². The van der Waals surface area contributed by atoms with E-state index in [1.165, 1.54) is 0 Å². The number of esters is 1. The van der Waals surface area contributed by atoms with Gasteiger partial charge < -0.3 is 15.0 Å². The summed E-state index contributed by atoms with van der Waals surface area (Å²) in [7, 11) is 0. The van der Waals surface area contributed by atoms with Crippen LogP contribution in [0.5, 0.6) is 0 Å². The molecule has 8 heteroatoms. The second-order valence-electron chi connectivity index (χ2n) is 7.17. The van der Waals surface area contributed by atoms with Gasteiger partial charge in [0.1, 0.15) is 5.54 Å². The van der Waals surface area contributed by atoms with Gasteiger partial charge in [0.05, 0.1) is 24.4 Å². The number of H-pyrrole nitrogens is 1. The van der Waals surface area contributed by atoms with Crippen molar-refractivity contribution in [3.8, 4) is 0 Å². The van der Waals surface area contributed by atoms with Gasteiger partial charge >= 0.3 is 12.0 Å². The highest BCUT2D eigenvalue weighted by Crippen LogP contribution is 2.28. The number of ether oxygens (including phenoxy) is 1. The smallest absolute Gasteiger partial charge is 0.340 e. The lowest BCUT2D eigenvalue weighted by molar-refractivity contribution is -0.131. The number of hydrogen-bond donors (Lipinski definition) is 2. The molecule has 2 N–H and O–H groups in total. The van der Waals surface area contributed by atoms with E-state index in [1.807, 2.05) is 13.8 Å². The quantitative estimate of drug-likeness (QED) is 0.382. The van der Waals surface area contributed by atoms with Crippen molar-refractivity contribution >= 4 is 23.7 Å². The van der Waals surface area contributed by atoms with Crippen LogP contribution in [0.25, 0.3) is 0 Å². The molecule has 8 nitrogen and oxygen atoms in total. The first-order valence-corrected chi connectivity index (χ1v) is 9.75. The van der Waals surface area contributed by atoms with Crippen LogP contribution in [0.15, 0.2) is 0 Å². The van der Waals surface area contributed by atoms with Crippen molar-refractivity contribution < 1.29 is 23.9 Å². The van der Waals surface area contributed by atoms with Crippen molar-refractivity contribution in [3.63, 3.8) is 0 Å². The molecule has 0 unspecified atom stereocenters. The summed E-state index contributed by atoms with van der Waals surface area (Å²) in [5, 5.41) is 2.79. The Labute approximate surface area is 165 Å². The summed E-state index contributed by atoms with van der Waals surface area (Å²) in [6.07, 6.45) is 2.55. The van der Waals surface area contributed by atoms with Crippen molar-refractivity contribution in [1.82, 2.24) is 15.2 Å². The zero-order valence-corrected chi connectivity index (χ0v) is 17.2. The van der Waals surface area contributed by atoms with Crippen LogP contribution < -0.4 is 5.32 Å². The van der Waals surface area contributed by atoms with Crippen LogP contribution in [-0.2, 0) is 9.53 Å². The molecule has 0 radical (unpaired) electrons. The molecule has 0 spiro atoms. The lowest BCUT2D eigenvalue weighted by Crippen LogP contribution is -2.47. The van der Waals surface area contributed by atoms with Gasteiger partial charge in [-0.1, -0.05) is 26.7 Å². The zero-order chi connectivity index (χ0) is 21.1. The summed E-state index contributed by atoms with van der Waals surface area (Å²) in [6, 6.07) is -0.549. The zero-order valence-electron chi connectivity index (χ0n) is 17.2. The Morgan fingerprint density at radius 2 is 1.68 bits per heavy atom. The number of carbonyl (C=O) groups is 4. The number of carbonyl (C=O) groups excluding carboxylic acids is 4. The highest BCUT2D eigenvalue weighted by Gasteiger charge is 2.50. The normalized spacial score (nSPS) is 15.7. The van der Waals surface area contributed by atoms with Crippen molar-refractivity contribution in [3.05, 3.63) is 22.5 Å². The number of aryl methyl sites for hydroxylation is 1. The number of imide groups is 1. The van der Waals surface area contributed by atoms with Crippen LogP contribution >= 0.6 is 0 Å². The Morgan fingerprint density at radius 1 is 1.07 bits per heavy atom. The molecule has 0 saturated carbocycles. The molecule has 154 valence electrons. The molecule has 0 aliphatic carbocycles. The minimum absolute atomic E-state index is 0.213. The molecule has 1 saturated heterocycles. The number of hydrogen-bond acceptors (Lipinski definition) is 5. The number of ketones is 1. The summed E-state index contributed by atoms with van der Waals surface area (Å²) in [5.74, 6) is -1.29. The molecule has 2 rings (SSSR count). The molecule has 1 aliphatic rings. The molecule has 1 aliphatic heterocycles. The first-order chi connectivity index (χ1) is 13.2. The molecule has 1 fully saturated rings. The number of aromatic amines is 1. The molecule has 1 aromatic rings. The molecule has 3 amide bonds. The van der Waals surface area contributed by atoms with Gasteiger partial charge in [-0.2, -0.15) is 0 Å². The summed E-state index contributed by atoms with van der Waals surface area (Å²) in [6.45, 7) is 8.79. The van der Waals surface area contributed by atoms with E-state index in [4.69, 9.17) is 4.74 Å². The van der Waals surface area contributed by atoms with Crippen LogP contribution in [0.4, 0.5) is 4.79 Å². The second-order valence-corrected chi connectivity index (χ2v) is 7.17. The number of urea groups is 1. The van der Waals surface area contributed by atoms with E-state index in [2.05, 4.69) is 10.3 Å². The molecule has 1 aromatic heterocycles. The Hall–Kier alpha value is -2.64. The number of nitrogens with zero attached hydrogens (tertiary/aromatic N) is 1. The molecule has 2 heterocycles. The van der Waals surface area contributed by atoms with Gasteiger partial charge in [-0.15, -0.1) is 0 Å². The summed E-state index contributed by atoms with van der Waals surface area (Å²) in [5.41, 5.74) is 0.569. The number of aromatic nitrogens is 1. The third kappa shape index (κ3) is 3.81. The predicted octanol–water partition coefficient (Wildman–Crippen LogP) is 2.88. The van der Waals surface area contributed by atoms with E-state index in [1.54, 1.807) is 20.8 Å². The minimum Gasteiger partial charge on any atom is -0.462 e. The molecule has 28 heavy (non-hydrogen) atoms.